The van der Waals surface area contributed by atoms with Crippen LogP contribution in [0.25, 0.3) is 0 Å². The Balaban J connectivity index is 2.14. The summed E-state index contributed by atoms with van der Waals surface area (Å²) in [5.41, 5.74) is 0. The van der Waals surface area contributed by atoms with Crippen molar-refractivity contribution in [3.63, 3.8) is 0 Å². The summed E-state index contributed by atoms with van der Waals surface area (Å²) in [7, 11) is 0. The Morgan fingerprint density at radius 3 is 3.07 bits per heavy atom. The summed E-state index contributed by atoms with van der Waals surface area (Å²) in [6.45, 7) is 3.17. The Hall–Kier alpha value is -0.610. The largest absolute Gasteiger partial charge is 0.466 e. The van der Waals surface area contributed by atoms with E-state index >= 15 is 0 Å². The first kappa shape index (κ1) is 11.5. The van der Waals surface area contributed by atoms with E-state index in [0.29, 0.717) is 19.1 Å². The number of rotatable bonds is 5. The number of esters is 1. The highest BCUT2D eigenvalue weighted by atomic mass is 16.5. The van der Waals surface area contributed by atoms with E-state index in [9.17, 15) is 9.90 Å². The third-order valence-corrected chi connectivity index (χ3v) is 2.43. The molecule has 0 amide bonds. The van der Waals surface area contributed by atoms with Crippen molar-refractivity contribution in [2.45, 2.75) is 44.8 Å². The average molecular weight is 201 g/mol. The van der Waals surface area contributed by atoms with Crippen molar-refractivity contribution >= 4 is 5.97 Å². The van der Waals surface area contributed by atoms with Crippen molar-refractivity contribution < 1.29 is 14.6 Å². The highest BCUT2D eigenvalue weighted by Crippen LogP contribution is 2.12. The smallest absolute Gasteiger partial charge is 0.308 e. The quantitative estimate of drug-likeness (QED) is 0.634. The van der Waals surface area contributed by atoms with Crippen molar-refractivity contribution in [1.82, 2.24) is 5.32 Å². The molecular weight excluding hydrogens is 182 g/mol. The van der Waals surface area contributed by atoms with Crippen LogP contribution in [0.1, 0.15) is 32.6 Å². The number of nitrogens with one attached hydrogen (secondary N) is 1. The Kier molecular flexibility index (Phi) is 4.90. The van der Waals surface area contributed by atoms with E-state index in [4.69, 9.17) is 4.74 Å². The van der Waals surface area contributed by atoms with Gasteiger partial charge in [-0.3, -0.25) is 4.79 Å². The molecule has 0 spiro atoms. The van der Waals surface area contributed by atoms with Gasteiger partial charge in [0.05, 0.1) is 19.1 Å². The Labute approximate surface area is 84.6 Å². The lowest BCUT2D eigenvalue weighted by molar-refractivity contribution is -0.145. The highest BCUT2D eigenvalue weighted by molar-refractivity contribution is 5.69. The van der Waals surface area contributed by atoms with E-state index in [-0.39, 0.29) is 12.4 Å². The van der Waals surface area contributed by atoms with Gasteiger partial charge < -0.3 is 15.2 Å². The molecule has 2 N–H and O–H groups in total. The van der Waals surface area contributed by atoms with Crippen LogP contribution in [-0.2, 0) is 9.53 Å². The van der Waals surface area contributed by atoms with Crippen LogP contribution in [0.5, 0.6) is 0 Å². The first-order valence-corrected chi connectivity index (χ1v) is 5.29. The first-order valence-electron chi connectivity index (χ1n) is 5.29. The summed E-state index contributed by atoms with van der Waals surface area (Å²) < 4.78 is 4.76. The second kappa shape index (κ2) is 5.98. The van der Waals surface area contributed by atoms with Gasteiger partial charge in [-0.2, -0.15) is 0 Å². The molecule has 0 radical (unpaired) electrons. The third-order valence-electron chi connectivity index (χ3n) is 2.43. The predicted molar refractivity (Wildman–Crippen MR) is 52.9 cm³/mol. The fourth-order valence-corrected chi connectivity index (χ4v) is 1.78. The lowest BCUT2D eigenvalue weighted by Crippen LogP contribution is -2.28. The van der Waals surface area contributed by atoms with Crippen LogP contribution in [0.4, 0.5) is 0 Å². The molecule has 2 unspecified atom stereocenters. The minimum Gasteiger partial charge on any atom is -0.466 e. The standard InChI is InChI=1S/C10H19NO3/c1-2-14-10(13)7-9(12)6-8-4-3-5-11-8/h8-9,11-12H,2-7H2,1H3. The number of hydrogen-bond acceptors (Lipinski definition) is 4. The van der Waals surface area contributed by atoms with Crippen molar-refractivity contribution in [2.24, 2.45) is 0 Å². The van der Waals surface area contributed by atoms with Gasteiger partial charge in [-0.1, -0.05) is 0 Å². The minimum absolute atomic E-state index is 0.117. The van der Waals surface area contributed by atoms with E-state index in [1.54, 1.807) is 6.92 Å². The van der Waals surface area contributed by atoms with Gasteiger partial charge in [0.2, 0.25) is 0 Å². The molecule has 0 aromatic rings. The van der Waals surface area contributed by atoms with Gasteiger partial charge in [0.25, 0.3) is 0 Å². The van der Waals surface area contributed by atoms with E-state index in [1.807, 2.05) is 0 Å². The summed E-state index contributed by atoms with van der Waals surface area (Å²) >= 11 is 0. The van der Waals surface area contributed by atoms with E-state index in [2.05, 4.69) is 5.32 Å². The molecule has 1 rings (SSSR count). The molecule has 1 saturated heterocycles. The molecule has 0 aromatic heterocycles. The second-order valence-corrected chi connectivity index (χ2v) is 3.69. The van der Waals surface area contributed by atoms with E-state index in [0.717, 1.165) is 19.4 Å². The molecule has 82 valence electrons. The molecule has 1 fully saturated rings. The molecule has 1 aliphatic heterocycles. The maximum absolute atomic E-state index is 11.0. The highest BCUT2D eigenvalue weighted by Gasteiger charge is 2.20. The molecule has 4 nitrogen and oxygen atoms in total. The van der Waals surface area contributed by atoms with Crippen molar-refractivity contribution in [2.75, 3.05) is 13.2 Å². The molecule has 1 heterocycles. The maximum atomic E-state index is 11.0. The van der Waals surface area contributed by atoms with Gasteiger partial charge >= 0.3 is 5.97 Å². The van der Waals surface area contributed by atoms with Crippen molar-refractivity contribution in [3.05, 3.63) is 0 Å². The Bertz CT molecular complexity index is 178. The summed E-state index contributed by atoms with van der Waals surface area (Å²) in [6, 6.07) is 0.374. The average Bonchev–Trinajstić information content (AvgIpc) is 2.56. The predicted octanol–water partition coefficient (Wildman–Crippen LogP) is 0.443. The number of hydrogen-bond donors (Lipinski definition) is 2. The Morgan fingerprint density at radius 1 is 1.71 bits per heavy atom. The monoisotopic (exact) mass is 201 g/mol. The van der Waals surface area contributed by atoms with E-state index in [1.165, 1.54) is 0 Å². The maximum Gasteiger partial charge on any atom is 0.308 e. The second-order valence-electron chi connectivity index (χ2n) is 3.69. The van der Waals surface area contributed by atoms with Crippen molar-refractivity contribution in [3.8, 4) is 0 Å². The summed E-state index contributed by atoms with van der Waals surface area (Å²) in [4.78, 5) is 11.0. The number of carbonyl (C=O) groups excluding carboxylic acids is 1. The van der Waals surface area contributed by atoms with Gasteiger partial charge in [-0.15, -0.1) is 0 Å². The van der Waals surface area contributed by atoms with Crippen LogP contribution in [0, 0.1) is 0 Å². The number of aliphatic hydroxyl groups is 1. The summed E-state index contributed by atoms with van der Waals surface area (Å²) in [5.74, 6) is -0.307. The SMILES string of the molecule is CCOC(=O)CC(O)CC1CCCN1. The lowest BCUT2D eigenvalue weighted by atomic mass is 10.1. The number of aliphatic hydroxyl groups excluding tert-OH is 1. The third kappa shape index (κ3) is 4.07. The minimum atomic E-state index is -0.565. The molecule has 0 aliphatic carbocycles. The molecule has 0 bridgehead atoms. The molecule has 0 saturated carbocycles. The molecular formula is C10H19NO3. The first-order chi connectivity index (χ1) is 6.72. The zero-order valence-electron chi connectivity index (χ0n) is 8.66. The normalized spacial score (nSPS) is 23.4. The van der Waals surface area contributed by atoms with Gasteiger partial charge in [-0.25, -0.2) is 0 Å². The molecule has 4 heteroatoms. The lowest BCUT2D eigenvalue weighted by Gasteiger charge is -2.14. The van der Waals surface area contributed by atoms with Gasteiger partial charge in [0.15, 0.2) is 0 Å². The molecule has 0 aromatic carbocycles. The van der Waals surface area contributed by atoms with Gasteiger partial charge in [0, 0.05) is 6.04 Å². The topological polar surface area (TPSA) is 58.6 Å². The van der Waals surface area contributed by atoms with Crippen LogP contribution in [0.2, 0.25) is 0 Å². The van der Waals surface area contributed by atoms with Crippen LogP contribution >= 0.6 is 0 Å². The van der Waals surface area contributed by atoms with Gasteiger partial charge in [-0.05, 0) is 32.7 Å². The molecule has 1 aliphatic rings. The number of ether oxygens (including phenoxy) is 1. The summed E-state index contributed by atoms with van der Waals surface area (Å²) in [5, 5.41) is 12.8. The fourth-order valence-electron chi connectivity index (χ4n) is 1.78. The Morgan fingerprint density at radius 2 is 2.50 bits per heavy atom. The van der Waals surface area contributed by atoms with Crippen molar-refractivity contribution in [1.29, 1.82) is 0 Å². The van der Waals surface area contributed by atoms with Crippen LogP contribution in [-0.4, -0.2) is 36.4 Å². The molecule has 2 atom stereocenters. The molecule has 14 heavy (non-hydrogen) atoms. The van der Waals surface area contributed by atoms with Crippen LogP contribution < -0.4 is 5.32 Å². The summed E-state index contributed by atoms with van der Waals surface area (Å²) in [6.07, 6.45) is 2.46. The van der Waals surface area contributed by atoms with Gasteiger partial charge in [0.1, 0.15) is 0 Å². The van der Waals surface area contributed by atoms with Crippen LogP contribution in [0.15, 0.2) is 0 Å². The number of carbonyl (C=O) groups is 1. The van der Waals surface area contributed by atoms with Crippen LogP contribution in [0.3, 0.4) is 0 Å². The zero-order chi connectivity index (χ0) is 10.4. The fraction of sp³-hybridized carbons (Fsp3) is 0.900. The van der Waals surface area contributed by atoms with E-state index < -0.39 is 6.10 Å². The zero-order valence-corrected chi connectivity index (χ0v) is 8.66.